The van der Waals surface area contributed by atoms with E-state index in [1.54, 1.807) is 12.1 Å². The Morgan fingerprint density at radius 2 is 1.95 bits per heavy atom. The topological polar surface area (TPSA) is 64.9 Å². The molecular formula is C14H18FN3O. The lowest BCUT2D eigenvalue weighted by Crippen LogP contribution is -2.21. The van der Waals surface area contributed by atoms with Crippen LogP contribution in [0.5, 0.6) is 0 Å². The molecule has 102 valence electrons. The summed E-state index contributed by atoms with van der Waals surface area (Å²) < 4.78 is 18.2. The number of rotatable bonds is 4. The average molecular weight is 263 g/mol. The quantitative estimate of drug-likeness (QED) is 0.921. The van der Waals surface area contributed by atoms with E-state index in [4.69, 9.17) is 10.3 Å². The van der Waals surface area contributed by atoms with Crippen LogP contribution in [0.3, 0.4) is 0 Å². The van der Waals surface area contributed by atoms with Gasteiger partial charge in [0.1, 0.15) is 5.82 Å². The zero-order valence-corrected chi connectivity index (χ0v) is 11.4. The number of nitrogens with zero attached hydrogens (tertiary/aromatic N) is 2. The standard InChI is InChI=1S/C14H18FN3O/c1-4-11(16)12-17-13(18-19-12)14(2,3)9-5-7-10(15)8-6-9/h5-8,11H,4,16H2,1-3H3/t11-/m0/s1. The lowest BCUT2D eigenvalue weighted by Gasteiger charge is -2.20. The minimum absolute atomic E-state index is 0.245. The van der Waals surface area contributed by atoms with Crippen molar-refractivity contribution >= 4 is 0 Å². The van der Waals surface area contributed by atoms with E-state index in [9.17, 15) is 4.39 Å². The molecule has 2 rings (SSSR count). The van der Waals surface area contributed by atoms with Crippen molar-refractivity contribution < 1.29 is 8.91 Å². The van der Waals surface area contributed by atoms with Crippen molar-refractivity contribution in [2.45, 2.75) is 38.6 Å². The van der Waals surface area contributed by atoms with Gasteiger partial charge in [-0.2, -0.15) is 4.98 Å². The van der Waals surface area contributed by atoms with Crippen LogP contribution >= 0.6 is 0 Å². The minimum atomic E-state index is -0.455. The van der Waals surface area contributed by atoms with Gasteiger partial charge in [0.15, 0.2) is 5.82 Å². The molecule has 19 heavy (non-hydrogen) atoms. The molecule has 0 amide bonds. The van der Waals surface area contributed by atoms with Gasteiger partial charge in [-0.3, -0.25) is 0 Å². The summed E-state index contributed by atoms with van der Waals surface area (Å²) in [6.45, 7) is 5.89. The second kappa shape index (κ2) is 5.09. The third-order valence-electron chi connectivity index (χ3n) is 3.32. The van der Waals surface area contributed by atoms with E-state index in [0.29, 0.717) is 11.7 Å². The molecule has 1 aromatic carbocycles. The van der Waals surface area contributed by atoms with E-state index in [1.807, 2.05) is 20.8 Å². The van der Waals surface area contributed by atoms with E-state index in [2.05, 4.69) is 10.1 Å². The summed E-state index contributed by atoms with van der Waals surface area (Å²) in [7, 11) is 0. The van der Waals surface area contributed by atoms with Crippen LogP contribution in [0.15, 0.2) is 28.8 Å². The fraction of sp³-hybridized carbons (Fsp3) is 0.429. The maximum atomic E-state index is 13.0. The van der Waals surface area contributed by atoms with Gasteiger partial charge in [-0.05, 0) is 38.0 Å². The van der Waals surface area contributed by atoms with Crippen LogP contribution < -0.4 is 5.73 Å². The molecule has 0 aliphatic rings. The zero-order valence-electron chi connectivity index (χ0n) is 11.4. The Balaban J connectivity index is 2.33. The van der Waals surface area contributed by atoms with Gasteiger partial charge in [-0.15, -0.1) is 0 Å². The molecule has 1 atom stereocenters. The molecule has 4 nitrogen and oxygen atoms in total. The summed E-state index contributed by atoms with van der Waals surface area (Å²) in [5.74, 6) is 0.729. The smallest absolute Gasteiger partial charge is 0.243 e. The maximum absolute atomic E-state index is 13.0. The Hall–Kier alpha value is -1.75. The maximum Gasteiger partial charge on any atom is 0.243 e. The molecule has 2 aromatic rings. The van der Waals surface area contributed by atoms with Crippen LogP contribution in [0.2, 0.25) is 0 Å². The molecule has 0 radical (unpaired) electrons. The Kier molecular flexibility index (Phi) is 3.66. The first-order valence-corrected chi connectivity index (χ1v) is 6.31. The van der Waals surface area contributed by atoms with E-state index >= 15 is 0 Å². The van der Waals surface area contributed by atoms with Crippen LogP contribution in [-0.2, 0) is 5.41 Å². The minimum Gasteiger partial charge on any atom is -0.338 e. The normalized spacial score (nSPS) is 13.5. The van der Waals surface area contributed by atoms with Crippen LogP contribution in [0.25, 0.3) is 0 Å². The summed E-state index contributed by atoms with van der Waals surface area (Å²) in [6, 6.07) is 6.06. The van der Waals surface area contributed by atoms with Crippen molar-refractivity contribution in [3.63, 3.8) is 0 Å². The third-order valence-corrected chi connectivity index (χ3v) is 3.32. The highest BCUT2D eigenvalue weighted by Crippen LogP contribution is 2.30. The number of aromatic nitrogens is 2. The molecule has 2 N–H and O–H groups in total. The number of hydrogen-bond donors (Lipinski definition) is 1. The van der Waals surface area contributed by atoms with Crippen LogP contribution in [0, 0.1) is 5.82 Å². The first-order chi connectivity index (χ1) is 8.95. The molecule has 1 heterocycles. The number of benzene rings is 1. The highest BCUT2D eigenvalue weighted by atomic mass is 19.1. The Bertz CT molecular complexity index is 548. The fourth-order valence-electron chi connectivity index (χ4n) is 1.81. The highest BCUT2D eigenvalue weighted by Gasteiger charge is 2.29. The van der Waals surface area contributed by atoms with Gasteiger partial charge in [0.05, 0.1) is 11.5 Å². The summed E-state index contributed by atoms with van der Waals surface area (Å²) in [5, 5.41) is 4.00. The van der Waals surface area contributed by atoms with E-state index in [1.165, 1.54) is 12.1 Å². The molecule has 0 unspecified atom stereocenters. The number of halogens is 1. The number of nitrogens with two attached hydrogens (primary N) is 1. The second-order valence-corrected chi connectivity index (χ2v) is 5.10. The Morgan fingerprint density at radius 3 is 2.53 bits per heavy atom. The lowest BCUT2D eigenvalue weighted by atomic mass is 9.84. The van der Waals surface area contributed by atoms with Crippen molar-refractivity contribution in [1.29, 1.82) is 0 Å². The monoisotopic (exact) mass is 263 g/mol. The third kappa shape index (κ3) is 2.66. The van der Waals surface area contributed by atoms with Crippen LogP contribution in [-0.4, -0.2) is 10.1 Å². The largest absolute Gasteiger partial charge is 0.338 e. The Labute approximate surface area is 111 Å². The Morgan fingerprint density at radius 1 is 1.32 bits per heavy atom. The molecule has 5 heteroatoms. The number of hydrogen-bond acceptors (Lipinski definition) is 4. The van der Waals surface area contributed by atoms with Crippen LogP contribution in [0.1, 0.15) is 50.5 Å². The first-order valence-electron chi connectivity index (χ1n) is 6.31. The van der Waals surface area contributed by atoms with E-state index in [0.717, 1.165) is 12.0 Å². The second-order valence-electron chi connectivity index (χ2n) is 5.10. The SMILES string of the molecule is CC[C@H](N)c1nc(C(C)(C)c2ccc(F)cc2)no1. The van der Waals surface area contributed by atoms with Gasteiger partial charge >= 0.3 is 0 Å². The molecular weight excluding hydrogens is 245 g/mol. The van der Waals surface area contributed by atoms with Crippen molar-refractivity contribution in [2.75, 3.05) is 0 Å². The molecule has 0 bridgehead atoms. The summed E-state index contributed by atoms with van der Waals surface area (Å²) in [6.07, 6.45) is 0.735. The molecule has 0 spiro atoms. The zero-order chi connectivity index (χ0) is 14.0. The van der Waals surface area contributed by atoms with E-state index in [-0.39, 0.29) is 11.9 Å². The van der Waals surface area contributed by atoms with Crippen LogP contribution in [0.4, 0.5) is 4.39 Å². The van der Waals surface area contributed by atoms with Gasteiger partial charge in [0, 0.05) is 0 Å². The van der Waals surface area contributed by atoms with Crippen molar-refractivity contribution in [3.05, 3.63) is 47.4 Å². The molecule has 0 saturated carbocycles. The molecule has 0 fully saturated rings. The summed E-state index contributed by atoms with van der Waals surface area (Å²) >= 11 is 0. The van der Waals surface area contributed by atoms with Crippen molar-refractivity contribution in [3.8, 4) is 0 Å². The summed E-state index contributed by atoms with van der Waals surface area (Å²) in [5.41, 5.74) is 6.33. The van der Waals surface area contributed by atoms with Gasteiger partial charge in [-0.1, -0.05) is 24.2 Å². The van der Waals surface area contributed by atoms with Crippen molar-refractivity contribution in [1.82, 2.24) is 10.1 Å². The van der Waals surface area contributed by atoms with Gasteiger partial charge in [-0.25, -0.2) is 4.39 Å². The molecule has 1 aromatic heterocycles. The van der Waals surface area contributed by atoms with E-state index < -0.39 is 5.41 Å². The highest BCUT2D eigenvalue weighted by molar-refractivity contribution is 5.30. The summed E-state index contributed by atoms with van der Waals surface area (Å²) in [4.78, 5) is 4.35. The molecule has 0 aliphatic heterocycles. The fourth-order valence-corrected chi connectivity index (χ4v) is 1.81. The first kappa shape index (κ1) is 13.7. The molecule has 0 aliphatic carbocycles. The van der Waals surface area contributed by atoms with Gasteiger partial charge < -0.3 is 10.3 Å². The predicted molar refractivity (Wildman–Crippen MR) is 70.0 cm³/mol. The average Bonchev–Trinajstić information content (AvgIpc) is 2.88. The van der Waals surface area contributed by atoms with Crippen molar-refractivity contribution in [2.24, 2.45) is 5.73 Å². The predicted octanol–water partition coefficient (Wildman–Crippen LogP) is 2.94. The van der Waals surface area contributed by atoms with Gasteiger partial charge in [0.25, 0.3) is 0 Å². The molecule has 0 saturated heterocycles. The van der Waals surface area contributed by atoms with Gasteiger partial charge in [0.2, 0.25) is 5.89 Å². The lowest BCUT2D eigenvalue weighted by molar-refractivity contribution is 0.343.